The molecule has 2 N–H and O–H groups in total. The number of hydrogen-bond acceptors (Lipinski definition) is 5. The first-order valence-electron chi connectivity index (χ1n) is 5.86. The Morgan fingerprint density at radius 1 is 1.20 bits per heavy atom. The van der Waals surface area contributed by atoms with E-state index < -0.39 is 15.9 Å². The topological polar surface area (TPSA) is 93.4 Å². The van der Waals surface area contributed by atoms with Gasteiger partial charge in [0.25, 0.3) is 15.9 Å². The third-order valence-corrected chi connectivity index (χ3v) is 4.87. The van der Waals surface area contributed by atoms with Crippen molar-refractivity contribution in [1.82, 2.24) is 9.29 Å². The fraction of sp³-hybridized carbons (Fsp3) is 0.0769. The number of hydrogen-bond donors (Lipinski definition) is 1. The number of benzene rings is 1. The minimum absolute atomic E-state index is 0.0482. The Labute approximate surface area is 115 Å². The highest BCUT2D eigenvalue weighted by Crippen LogP contribution is 2.31. The lowest BCUT2D eigenvalue weighted by Gasteiger charge is -2.15. The Bertz CT molecular complexity index is 802. The van der Waals surface area contributed by atoms with Crippen molar-refractivity contribution in [3.63, 3.8) is 0 Å². The first-order valence-corrected chi connectivity index (χ1v) is 7.30. The third-order valence-electron chi connectivity index (χ3n) is 3.08. The maximum Gasteiger partial charge on any atom is 0.269 e. The zero-order valence-electron chi connectivity index (χ0n) is 10.4. The van der Waals surface area contributed by atoms with Crippen molar-refractivity contribution in [3.05, 3.63) is 53.7 Å². The molecule has 0 aliphatic carbocycles. The number of amides is 1. The van der Waals surface area contributed by atoms with Gasteiger partial charge in [-0.1, -0.05) is 12.1 Å². The molecule has 7 heteroatoms. The molecule has 20 heavy (non-hydrogen) atoms. The Morgan fingerprint density at radius 3 is 2.65 bits per heavy atom. The average molecular weight is 289 g/mol. The van der Waals surface area contributed by atoms with Gasteiger partial charge in [-0.05, 0) is 29.8 Å². The molecule has 3 rings (SSSR count). The molecule has 0 fully saturated rings. The molecule has 0 unspecified atom stereocenters. The molecular formula is C13H11N3O3S. The van der Waals surface area contributed by atoms with Crippen LogP contribution < -0.4 is 5.73 Å². The summed E-state index contributed by atoms with van der Waals surface area (Å²) < 4.78 is 25.5. The Kier molecular flexibility index (Phi) is 2.72. The number of carbonyl (C=O) groups is 1. The highest BCUT2D eigenvalue weighted by atomic mass is 32.2. The second-order valence-corrected chi connectivity index (χ2v) is 6.23. The molecule has 1 aliphatic heterocycles. The number of nitrogens with zero attached hydrogens (tertiary/aromatic N) is 2. The lowest BCUT2D eigenvalue weighted by atomic mass is 10.2. The van der Waals surface area contributed by atoms with Crippen molar-refractivity contribution in [1.29, 1.82) is 0 Å². The monoisotopic (exact) mass is 289 g/mol. The molecule has 0 saturated carbocycles. The van der Waals surface area contributed by atoms with Crippen LogP contribution in [0.25, 0.3) is 0 Å². The van der Waals surface area contributed by atoms with Crippen molar-refractivity contribution in [2.45, 2.75) is 11.4 Å². The molecule has 1 aromatic carbocycles. The van der Waals surface area contributed by atoms with Crippen molar-refractivity contribution in [3.8, 4) is 0 Å². The Morgan fingerprint density at radius 2 is 1.95 bits per heavy atom. The molecule has 1 aromatic heterocycles. The quantitative estimate of drug-likeness (QED) is 0.890. The summed E-state index contributed by atoms with van der Waals surface area (Å²) in [6, 6.07) is 9.35. The van der Waals surface area contributed by atoms with Crippen LogP contribution in [-0.4, -0.2) is 23.6 Å². The second kappa shape index (κ2) is 4.31. The number of rotatable bonds is 2. The van der Waals surface area contributed by atoms with Crippen LogP contribution >= 0.6 is 0 Å². The van der Waals surface area contributed by atoms with Crippen molar-refractivity contribution in [2.24, 2.45) is 0 Å². The second-order valence-electron chi connectivity index (χ2n) is 4.40. The maximum absolute atomic E-state index is 12.3. The first kappa shape index (κ1) is 12.6. The molecule has 0 saturated heterocycles. The number of anilines is 1. The third kappa shape index (κ3) is 1.83. The van der Waals surface area contributed by atoms with Gasteiger partial charge in [0.2, 0.25) is 0 Å². The summed E-state index contributed by atoms with van der Waals surface area (Å²) in [5, 5.41) is 0. The Balaban J connectivity index is 2.03. The predicted molar refractivity (Wildman–Crippen MR) is 72.2 cm³/mol. The zero-order valence-corrected chi connectivity index (χ0v) is 11.2. The number of pyridine rings is 1. The van der Waals surface area contributed by atoms with E-state index >= 15 is 0 Å². The van der Waals surface area contributed by atoms with E-state index in [1.165, 1.54) is 18.3 Å². The standard InChI is InChI=1S/C13H11N3O3S/c14-12-7-9(5-6-15-12)8-16-13(17)10-3-1-2-4-11(10)20(16,18)19/h1-7H,8H2,(H2,14,15). The van der Waals surface area contributed by atoms with Gasteiger partial charge in [0.05, 0.1) is 12.1 Å². The van der Waals surface area contributed by atoms with Gasteiger partial charge in [0.1, 0.15) is 10.7 Å². The summed E-state index contributed by atoms with van der Waals surface area (Å²) in [5.74, 6) is -0.236. The van der Waals surface area contributed by atoms with Crippen LogP contribution in [0.2, 0.25) is 0 Å². The van der Waals surface area contributed by atoms with Gasteiger partial charge in [-0.15, -0.1) is 0 Å². The van der Waals surface area contributed by atoms with Gasteiger partial charge in [0.15, 0.2) is 0 Å². The van der Waals surface area contributed by atoms with Crippen molar-refractivity contribution >= 4 is 21.7 Å². The maximum atomic E-state index is 12.3. The smallest absolute Gasteiger partial charge is 0.269 e. The molecule has 0 radical (unpaired) electrons. The molecule has 6 nitrogen and oxygen atoms in total. The van der Waals surface area contributed by atoms with Crippen LogP contribution in [0.15, 0.2) is 47.5 Å². The van der Waals surface area contributed by atoms with E-state index in [0.29, 0.717) is 5.56 Å². The van der Waals surface area contributed by atoms with E-state index in [9.17, 15) is 13.2 Å². The summed E-state index contributed by atoms with van der Waals surface area (Å²) in [6.45, 7) is -0.0530. The largest absolute Gasteiger partial charge is 0.384 e. The van der Waals surface area contributed by atoms with Crippen LogP contribution in [-0.2, 0) is 16.6 Å². The van der Waals surface area contributed by atoms with Crippen LogP contribution in [0, 0.1) is 0 Å². The van der Waals surface area contributed by atoms with Crippen LogP contribution in [0.1, 0.15) is 15.9 Å². The van der Waals surface area contributed by atoms with E-state index in [2.05, 4.69) is 4.98 Å². The molecule has 2 heterocycles. The summed E-state index contributed by atoms with van der Waals surface area (Å²) in [7, 11) is -3.78. The highest BCUT2D eigenvalue weighted by Gasteiger charge is 2.40. The molecule has 1 aliphatic rings. The Hall–Kier alpha value is -2.41. The number of aromatic nitrogens is 1. The molecule has 0 bridgehead atoms. The SMILES string of the molecule is Nc1cc(CN2C(=O)c3ccccc3S2(=O)=O)ccn1. The fourth-order valence-electron chi connectivity index (χ4n) is 2.15. The van der Waals surface area contributed by atoms with E-state index in [4.69, 9.17) is 5.73 Å². The number of nitrogen functional groups attached to an aromatic ring is 1. The van der Waals surface area contributed by atoms with E-state index in [1.807, 2.05) is 0 Å². The molecule has 2 aromatic rings. The van der Waals surface area contributed by atoms with Gasteiger partial charge < -0.3 is 5.73 Å². The van der Waals surface area contributed by atoms with Crippen molar-refractivity contribution in [2.75, 3.05) is 5.73 Å². The number of sulfonamides is 1. The fourth-order valence-corrected chi connectivity index (χ4v) is 3.70. The lowest BCUT2D eigenvalue weighted by Crippen LogP contribution is -2.29. The molecule has 0 spiro atoms. The summed E-state index contributed by atoms with van der Waals surface area (Å²) in [6.07, 6.45) is 1.48. The number of carbonyl (C=O) groups excluding carboxylic acids is 1. The van der Waals surface area contributed by atoms with E-state index in [-0.39, 0.29) is 22.8 Å². The summed E-state index contributed by atoms with van der Waals surface area (Å²) >= 11 is 0. The van der Waals surface area contributed by atoms with Crippen LogP contribution in [0.5, 0.6) is 0 Å². The zero-order chi connectivity index (χ0) is 14.3. The van der Waals surface area contributed by atoms with Gasteiger partial charge in [-0.2, -0.15) is 0 Å². The van der Waals surface area contributed by atoms with Crippen molar-refractivity contribution < 1.29 is 13.2 Å². The molecule has 0 atom stereocenters. The van der Waals surface area contributed by atoms with Gasteiger partial charge >= 0.3 is 0 Å². The first-order chi connectivity index (χ1) is 9.50. The molecular weight excluding hydrogens is 278 g/mol. The lowest BCUT2D eigenvalue weighted by molar-refractivity contribution is 0.0865. The average Bonchev–Trinajstić information content (AvgIpc) is 2.61. The molecule has 102 valence electrons. The highest BCUT2D eigenvalue weighted by molar-refractivity contribution is 7.90. The predicted octanol–water partition coefficient (Wildman–Crippen LogP) is 1.01. The summed E-state index contributed by atoms with van der Waals surface area (Å²) in [5.41, 5.74) is 6.37. The van der Waals surface area contributed by atoms with E-state index in [0.717, 1.165) is 4.31 Å². The van der Waals surface area contributed by atoms with E-state index in [1.54, 1.807) is 24.3 Å². The summed E-state index contributed by atoms with van der Waals surface area (Å²) in [4.78, 5) is 16.1. The minimum atomic E-state index is -3.78. The normalized spacial score (nSPS) is 16.2. The van der Waals surface area contributed by atoms with Crippen LogP contribution in [0.3, 0.4) is 0 Å². The van der Waals surface area contributed by atoms with Crippen LogP contribution in [0.4, 0.5) is 5.82 Å². The number of nitrogens with two attached hydrogens (primary N) is 1. The number of fused-ring (bicyclic) bond motifs is 1. The van der Waals surface area contributed by atoms with Gasteiger partial charge in [-0.25, -0.2) is 17.7 Å². The minimum Gasteiger partial charge on any atom is -0.384 e. The molecule has 1 amide bonds. The van der Waals surface area contributed by atoms with Gasteiger partial charge in [0, 0.05) is 6.20 Å². The van der Waals surface area contributed by atoms with Gasteiger partial charge in [-0.3, -0.25) is 4.79 Å².